The van der Waals surface area contributed by atoms with Crippen molar-refractivity contribution in [1.82, 2.24) is 0 Å². The molecule has 39 heavy (non-hydrogen) atoms. The number of carbonyl (C=O) groups is 1. The van der Waals surface area contributed by atoms with Gasteiger partial charge in [-0.05, 0) is 89.4 Å². The van der Waals surface area contributed by atoms with Crippen LogP contribution in [0.15, 0.2) is 60.7 Å². The smallest absolute Gasteiger partial charge is 0.309 e. The van der Waals surface area contributed by atoms with Crippen LogP contribution in [0.4, 0.5) is 5.69 Å². The van der Waals surface area contributed by atoms with E-state index in [1.807, 2.05) is 19.1 Å². The minimum Gasteiger partial charge on any atom is -0.494 e. The van der Waals surface area contributed by atoms with E-state index in [9.17, 15) is 13.2 Å². The topological polar surface area (TPSA) is 90.9 Å². The van der Waals surface area contributed by atoms with Gasteiger partial charge in [0.2, 0.25) is 0 Å². The minimum atomic E-state index is -2.99. The van der Waals surface area contributed by atoms with E-state index in [0.717, 1.165) is 45.7 Å². The lowest BCUT2D eigenvalue weighted by atomic mass is 9.94. The molecule has 1 aliphatic carbocycles. The Kier molecular flexibility index (Phi) is 8.23. The third-order valence-corrected chi connectivity index (χ3v) is 8.23. The van der Waals surface area contributed by atoms with E-state index in [2.05, 4.69) is 53.8 Å². The molecule has 2 atom stereocenters. The molecule has 0 saturated heterocycles. The van der Waals surface area contributed by atoms with Gasteiger partial charge in [-0.15, -0.1) is 0 Å². The highest BCUT2D eigenvalue weighted by molar-refractivity contribution is 7.90. The molecule has 1 aliphatic heterocycles. The van der Waals surface area contributed by atoms with E-state index in [-0.39, 0.29) is 23.6 Å². The van der Waals surface area contributed by atoms with Crippen LogP contribution in [0, 0.1) is 5.92 Å². The predicted octanol–water partition coefficient (Wildman–Crippen LogP) is 5.48. The first-order valence-electron chi connectivity index (χ1n) is 13.4. The van der Waals surface area contributed by atoms with Gasteiger partial charge in [-0.1, -0.05) is 30.3 Å². The number of ether oxygens (including phenoxy) is 3. The molecule has 3 aromatic rings. The second-order valence-corrected chi connectivity index (χ2v) is 12.6. The van der Waals surface area contributed by atoms with Gasteiger partial charge < -0.3 is 19.5 Å². The summed E-state index contributed by atoms with van der Waals surface area (Å²) in [5.41, 5.74) is 7.84. The zero-order chi connectivity index (χ0) is 27.4. The Morgan fingerprint density at radius 2 is 1.79 bits per heavy atom. The van der Waals surface area contributed by atoms with Crippen molar-refractivity contribution in [2.24, 2.45) is 5.92 Å². The van der Waals surface area contributed by atoms with E-state index in [4.69, 9.17) is 14.2 Å². The molecule has 206 valence electrons. The van der Waals surface area contributed by atoms with E-state index in [0.29, 0.717) is 39.4 Å². The largest absolute Gasteiger partial charge is 0.494 e. The highest BCUT2D eigenvalue weighted by atomic mass is 32.2. The number of fused-ring (bicyclic) bond motifs is 3. The van der Waals surface area contributed by atoms with E-state index in [1.165, 1.54) is 11.8 Å². The van der Waals surface area contributed by atoms with Gasteiger partial charge in [0.25, 0.3) is 0 Å². The standard InChI is InChI=1S/C31H35NO6S/c1-3-37-31(33)30-17-29(30)22-7-9-25(10-8-22)32-18-21-5-6-23-19-36-20-24-16-26(11-12-27(24)28(23)15-21)38-13-4-14-39(2,34)35/h5-12,15-16,29-30,32H,3-4,13-14,17-20H2,1-2H3/t29-,30+/m1/s1. The molecule has 0 unspecified atom stereocenters. The van der Waals surface area contributed by atoms with Gasteiger partial charge in [0.05, 0.1) is 38.1 Å². The Morgan fingerprint density at radius 1 is 1.00 bits per heavy atom. The molecule has 0 amide bonds. The second-order valence-electron chi connectivity index (χ2n) is 10.3. The maximum atomic E-state index is 11.9. The SMILES string of the molecule is CCOC(=O)[C@H]1C[C@@H]1c1ccc(NCc2ccc3c(c2)-c2ccc(OCCCS(C)(=O)=O)cc2COC3)cc1. The van der Waals surface area contributed by atoms with Crippen LogP contribution >= 0.6 is 0 Å². The highest BCUT2D eigenvalue weighted by Gasteiger charge is 2.45. The number of rotatable bonds is 11. The van der Waals surface area contributed by atoms with Gasteiger partial charge in [-0.25, -0.2) is 8.42 Å². The molecule has 0 bridgehead atoms. The van der Waals surface area contributed by atoms with Crippen LogP contribution in [-0.4, -0.2) is 39.6 Å². The van der Waals surface area contributed by atoms with Crippen LogP contribution in [0.3, 0.4) is 0 Å². The molecule has 3 aromatic carbocycles. The molecule has 2 aliphatic rings. The summed E-state index contributed by atoms with van der Waals surface area (Å²) in [6.45, 7) is 4.33. The fourth-order valence-electron chi connectivity index (χ4n) is 5.06. The predicted molar refractivity (Wildman–Crippen MR) is 151 cm³/mol. The summed E-state index contributed by atoms with van der Waals surface area (Å²) in [6, 6.07) is 20.8. The molecule has 7 nitrogen and oxygen atoms in total. The number of carbonyl (C=O) groups excluding carboxylic acids is 1. The Hall–Kier alpha value is -3.36. The number of benzene rings is 3. The first-order valence-corrected chi connectivity index (χ1v) is 15.5. The third-order valence-electron chi connectivity index (χ3n) is 7.20. The summed E-state index contributed by atoms with van der Waals surface area (Å²) >= 11 is 0. The lowest BCUT2D eigenvalue weighted by Gasteiger charge is -2.14. The van der Waals surface area contributed by atoms with Gasteiger partial charge in [0, 0.05) is 18.5 Å². The normalized spacial score (nSPS) is 17.9. The summed E-state index contributed by atoms with van der Waals surface area (Å²) < 4.78 is 39.6. The summed E-state index contributed by atoms with van der Waals surface area (Å²) in [5.74, 6) is 1.01. The quantitative estimate of drug-likeness (QED) is 0.250. The number of hydrogen-bond donors (Lipinski definition) is 1. The lowest BCUT2D eigenvalue weighted by molar-refractivity contribution is -0.144. The average molecular weight is 550 g/mol. The Morgan fingerprint density at radius 3 is 2.56 bits per heavy atom. The highest BCUT2D eigenvalue weighted by Crippen LogP contribution is 2.48. The molecule has 0 spiro atoms. The van der Waals surface area contributed by atoms with Crippen LogP contribution in [-0.2, 0) is 43.9 Å². The Labute approximate surface area is 230 Å². The first-order chi connectivity index (χ1) is 18.8. The summed E-state index contributed by atoms with van der Waals surface area (Å²) in [5, 5.41) is 3.51. The second kappa shape index (κ2) is 11.8. The monoisotopic (exact) mass is 549 g/mol. The van der Waals surface area contributed by atoms with Crippen LogP contribution in [0.2, 0.25) is 0 Å². The number of esters is 1. The third kappa shape index (κ3) is 6.99. The van der Waals surface area contributed by atoms with Crippen LogP contribution in [0.1, 0.15) is 47.9 Å². The van der Waals surface area contributed by atoms with Gasteiger partial charge in [-0.2, -0.15) is 0 Å². The van der Waals surface area contributed by atoms with Crippen LogP contribution in [0.25, 0.3) is 11.1 Å². The molecule has 1 heterocycles. The van der Waals surface area contributed by atoms with Gasteiger partial charge in [0.15, 0.2) is 0 Å². The molecule has 5 rings (SSSR count). The maximum Gasteiger partial charge on any atom is 0.309 e. The van der Waals surface area contributed by atoms with Gasteiger partial charge in [-0.3, -0.25) is 4.79 Å². The Balaban J connectivity index is 1.22. The lowest BCUT2D eigenvalue weighted by Crippen LogP contribution is -2.08. The molecule has 0 radical (unpaired) electrons. The molecule has 1 fully saturated rings. The zero-order valence-electron chi connectivity index (χ0n) is 22.4. The Bertz CT molecular complexity index is 1430. The van der Waals surface area contributed by atoms with Crippen molar-refractivity contribution in [2.45, 2.75) is 45.4 Å². The average Bonchev–Trinajstić information content (AvgIpc) is 3.73. The van der Waals surface area contributed by atoms with E-state index < -0.39 is 9.84 Å². The zero-order valence-corrected chi connectivity index (χ0v) is 23.3. The van der Waals surface area contributed by atoms with Crippen molar-refractivity contribution in [3.63, 3.8) is 0 Å². The van der Waals surface area contributed by atoms with Crippen molar-refractivity contribution in [2.75, 3.05) is 30.5 Å². The van der Waals surface area contributed by atoms with E-state index >= 15 is 0 Å². The molecule has 0 aromatic heterocycles. The molecule has 1 saturated carbocycles. The summed E-state index contributed by atoms with van der Waals surface area (Å²) in [6.07, 6.45) is 2.56. The summed E-state index contributed by atoms with van der Waals surface area (Å²) in [4.78, 5) is 11.9. The van der Waals surface area contributed by atoms with Gasteiger partial charge >= 0.3 is 5.97 Å². The van der Waals surface area contributed by atoms with E-state index in [1.54, 1.807) is 0 Å². The van der Waals surface area contributed by atoms with Crippen molar-refractivity contribution in [3.05, 3.63) is 82.9 Å². The van der Waals surface area contributed by atoms with Crippen LogP contribution in [0.5, 0.6) is 5.75 Å². The first kappa shape index (κ1) is 27.2. The number of anilines is 1. The molecule has 1 N–H and O–H groups in total. The number of hydrogen-bond acceptors (Lipinski definition) is 7. The molecule has 8 heteroatoms. The van der Waals surface area contributed by atoms with Crippen molar-refractivity contribution in [3.8, 4) is 16.9 Å². The van der Waals surface area contributed by atoms with Crippen molar-refractivity contribution >= 4 is 21.5 Å². The maximum absolute atomic E-state index is 11.9. The fraction of sp³-hybridized carbons (Fsp3) is 0.387. The summed E-state index contributed by atoms with van der Waals surface area (Å²) in [7, 11) is -2.99. The number of sulfone groups is 1. The number of nitrogens with one attached hydrogen (secondary N) is 1. The molecular formula is C31H35NO6S. The van der Waals surface area contributed by atoms with Crippen LogP contribution < -0.4 is 10.1 Å². The fourth-order valence-corrected chi connectivity index (χ4v) is 5.70. The van der Waals surface area contributed by atoms with Crippen molar-refractivity contribution in [1.29, 1.82) is 0 Å². The van der Waals surface area contributed by atoms with Crippen molar-refractivity contribution < 1.29 is 27.4 Å². The molecular weight excluding hydrogens is 514 g/mol. The van der Waals surface area contributed by atoms with Gasteiger partial charge in [0.1, 0.15) is 15.6 Å². The minimum absolute atomic E-state index is 0.00212.